The highest BCUT2D eigenvalue weighted by Gasteiger charge is 2.29. The molecule has 27 heavy (non-hydrogen) atoms. The van der Waals surface area contributed by atoms with Crippen LogP contribution in [0.5, 0.6) is 11.5 Å². The summed E-state index contributed by atoms with van der Waals surface area (Å²) in [6.45, 7) is 0. The van der Waals surface area contributed by atoms with Crippen LogP contribution in [0.25, 0.3) is 6.08 Å². The van der Waals surface area contributed by atoms with Gasteiger partial charge in [0.2, 0.25) is 0 Å². The number of benzene rings is 2. The third kappa shape index (κ3) is 3.41. The first-order valence-corrected chi connectivity index (χ1v) is 8.17. The van der Waals surface area contributed by atoms with Gasteiger partial charge in [-0.2, -0.15) is 0 Å². The number of para-hydroxylation sites is 1. The third-order valence-corrected chi connectivity index (χ3v) is 4.39. The second-order valence-corrected chi connectivity index (χ2v) is 5.93. The largest absolute Gasteiger partial charge is 0.493 e. The molecule has 8 heteroatoms. The van der Waals surface area contributed by atoms with Gasteiger partial charge in [-0.25, -0.2) is 0 Å². The number of hydrogen-bond donors (Lipinski definition) is 1. The van der Waals surface area contributed by atoms with Gasteiger partial charge < -0.3 is 19.7 Å². The molecule has 0 aliphatic carbocycles. The van der Waals surface area contributed by atoms with Crippen molar-refractivity contribution in [3.8, 4) is 11.5 Å². The topological polar surface area (TPSA) is 93.9 Å². The summed E-state index contributed by atoms with van der Waals surface area (Å²) in [6, 6.07) is 9.76. The number of nitro groups is 1. The number of rotatable bonds is 5. The van der Waals surface area contributed by atoms with Crippen molar-refractivity contribution >= 4 is 23.4 Å². The van der Waals surface area contributed by atoms with Gasteiger partial charge >= 0.3 is 0 Å². The van der Waals surface area contributed by atoms with Crippen LogP contribution in [0.4, 0.5) is 11.4 Å². The van der Waals surface area contributed by atoms with E-state index in [1.807, 2.05) is 0 Å². The highest BCUT2D eigenvalue weighted by molar-refractivity contribution is 6.02. The zero-order valence-electron chi connectivity index (χ0n) is 15.1. The maximum atomic E-state index is 12.7. The number of amides is 1. The summed E-state index contributed by atoms with van der Waals surface area (Å²) in [5.74, 6) is 0.776. The lowest BCUT2D eigenvalue weighted by Gasteiger charge is -2.34. The summed E-state index contributed by atoms with van der Waals surface area (Å²) in [5.41, 5.74) is 1.53. The van der Waals surface area contributed by atoms with Crippen molar-refractivity contribution in [2.75, 3.05) is 26.6 Å². The van der Waals surface area contributed by atoms with Gasteiger partial charge in [0, 0.05) is 19.2 Å². The molecule has 2 aromatic rings. The molecule has 0 saturated carbocycles. The zero-order valence-corrected chi connectivity index (χ0v) is 15.1. The van der Waals surface area contributed by atoms with E-state index in [1.54, 1.807) is 49.5 Å². The van der Waals surface area contributed by atoms with E-state index in [-0.39, 0.29) is 11.6 Å². The molecule has 1 N–H and O–H groups in total. The minimum atomic E-state index is -0.470. The Hall–Kier alpha value is -3.55. The summed E-state index contributed by atoms with van der Waals surface area (Å²) in [4.78, 5) is 25.0. The molecule has 0 unspecified atom stereocenters. The van der Waals surface area contributed by atoms with Crippen molar-refractivity contribution in [2.45, 2.75) is 6.17 Å². The van der Waals surface area contributed by atoms with Gasteiger partial charge in [0.05, 0.1) is 36.0 Å². The number of nitrogens with zero attached hydrogens (tertiary/aromatic N) is 2. The van der Waals surface area contributed by atoms with Crippen LogP contribution in [-0.2, 0) is 0 Å². The smallest absolute Gasteiger partial charge is 0.276 e. The molecule has 0 spiro atoms. The molecule has 1 atom stereocenters. The summed E-state index contributed by atoms with van der Waals surface area (Å²) >= 11 is 0. The van der Waals surface area contributed by atoms with E-state index in [1.165, 1.54) is 25.2 Å². The fourth-order valence-electron chi connectivity index (χ4n) is 2.91. The number of fused-ring (bicyclic) bond motifs is 1. The first-order chi connectivity index (χ1) is 13.0. The molecule has 0 saturated heterocycles. The van der Waals surface area contributed by atoms with Crippen molar-refractivity contribution < 1.29 is 19.2 Å². The van der Waals surface area contributed by atoms with E-state index in [9.17, 15) is 14.9 Å². The standard InChI is InChI=1S/C19H19N3O5/c1-21-18(9-8-12-6-4-5-7-15(12)22(24)25)20-14-11-17(27-3)16(26-2)10-13(14)19(21)23/h4-11,18,20H,1-3H3/b9-8+/t18-/m1/s1. The van der Waals surface area contributed by atoms with Crippen molar-refractivity contribution in [3.63, 3.8) is 0 Å². The highest BCUT2D eigenvalue weighted by Crippen LogP contribution is 2.36. The molecule has 1 aliphatic heterocycles. The summed E-state index contributed by atoms with van der Waals surface area (Å²) in [7, 11) is 4.68. The number of nitro benzene ring substituents is 1. The second kappa shape index (κ2) is 7.36. The van der Waals surface area contributed by atoms with Gasteiger partial charge in [0.15, 0.2) is 11.5 Å². The lowest BCUT2D eigenvalue weighted by molar-refractivity contribution is -0.385. The number of anilines is 1. The van der Waals surface area contributed by atoms with Gasteiger partial charge in [-0.15, -0.1) is 0 Å². The van der Waals surface area contributed by atoms with Crippen LogP contribution in [0.1, 0.15) is 15.9 Å². The minimum absolute atomic E-state index is 0.00495. The number of ether oxygens (including phenoxy) is 2. The maximum Gasteiger partial charge on any atom is 0.276 e. The van der Waals surface area contributed by atoms with Gasteiger partial charge in [-0.1, -0.05) is 12.1 Å². The van der Waals surface area contributed by atoms with Crippen molar-refractivity contribution in [1.29, 1.82) is 0 Å². The molecule has 1 heterocycles. The molecule has 2 aromatic carbocycles. The van der Waals surface area contributed by atoms with E-state index >= 15 is 0 Å². The Kier molecular flexibility index (Phi) is 4.98. The summed E-state index contributed by atoms with van der Waals surface area (Å²) in [5, 5.41) is 14.4. The Morgan fingerprint density at radius 2 is 1.85 bits per heavy atom. The normalized spacial score (nSPS) is 16.0. The number of likely N-dealkylation sites (N-methyl/N-ethyl adjacent to an activating group) is 1. The average Bonchev–Trinajstić information content (AvgIpc) is 2.68. The van der Waals surface area contributed by atoms with Gasteiger partial charge in [0.1, 0.15) is 6.17 Å². The zero-order chi connectivity index (χ0) is 19.6. The fraction of sp³-hybridized carbons (Fsp3) is 0.211. The van der Waals surface area contributed by atoms with Crippen molar-refractivity contribution in [2.24, 2.45) is 0 Å². The van der Waals surface area contributed by atoms with Gasteiger partial charge in [-0.3, -0.25) is 14.9 Å². The van der Waals surface area contributed by atoms with E-state index in [0.717, 1.165) is 0 Å². The van der Waals surface area contributed by atoms with Crippen LogP contribution in [0.15, 0.2) is 42.5 Å². The van der Waals surface area contributed by atoms with E-state index in [0.29, 0.717) is 28.3 Å². The van der Waals surface area contributed by atoms with E-state index < -0.39 is 11.1 Å². The first kappa shape index (κ1) is 18.2. The Bertz CT molecular complexity index is 926. The summed E-state index contributed by atoms with van der Waals surface area (Å²) in [6.07, 6.45) is 2.87. The van der Waals surface area contributed by atoms with E-state index in [2.05, 4.69) is 5.32 Å². The minimum Gasteiger partial charge on any atom is -0.493 e. The first-order valence-electron chi connectivity index (χ1n) is 8.17. The molecule has 0 radical (unpaired) electrons. The van der Waals surface area contributed by atoms with Crippen LogP contribution < -0.4 is 14.8 Å². The quantitative estimate of drug-likeness (QED) is 0.643. The lowest BCUT2D eigenvalue weighted by Crippen LogP contribution is -2.45. The molecule has 140 valence electrons. The number of carbonyl (C=O) groups excluding carboxylic acids is 1. The van der Waals surface area contributed by atoms with Crippen molar-refractivity contribution in [1.82, 2.24) is 4.90 Å². The molecule has 0 bridgehead atoms. The predicted octanol–water partition coefficient (Wildman–Crippen LogP) is 3.15. The Labute approximate surface area is 156 Å². The average molecular weight is 369 g/mol. The Balaban J connectivity index is 1.94. The van der Waals surface area contributed by atoms with E-state index in [4.69, 9.17) is 9.47 Å². The number of carbonyl (C=O) groups is 1. The summed E-state index contributed by atoms with van der Waals surface area (Å²) < 4.78 is 10.5. The fourth-order valence-corrected chi connectivity index (χ4v) is 2.91. The second-order valence-electron chi connectivity index (χ2n) is 5.93. The molecule has 1 aliphatic rings. The molecular formula is C19H19N3O5. The van der Waals surface area contributed by atoms with Crippen LogP contribution >= 0.6 is 0 Å². The monoisotopic (exact) mass is 369 g/mol. The van der Waals surface area contributed by atoms with Crippen LogP contribution in [0.3, 0.4) is 0 Å². The molecule has 0 aromatic heterocycles. The van der Waals surface area contributed by atoms with Crippen LogP contribution in [0, 0.1) is 10.1 Å². The van der Waals surface area contributed by atoms with Gasteiger partial charge in [-0.05, 0) is 24.3 Å². The SMILES string of the molecule is COc1cc2c(cc1OC)C(=O)N(C)[C@H](/C=C/c1ccccc1[N+](=O)[O-])N2. The van der Waals surface area contributed by atoms with Crippen LogP contribution in [-0.4, -0.2) is 43.2 Å². The predicted molar refractivity (Wildman–Crippen MR) is 101 cm³/mol. The van der Waals surface area contributed by atoms with Gasteiger partial charge in [0.25, 0.3) is 11.6 Å². The maximum absolute atomic E-state index is 12.7. The molecule has 1 amide bonds. The Morgan fingerprint density at radius 1 is 1.19 bits per heavy atom. The number of nitrogens with one attached hydrogen (secondary N) is 1. The Morgan fingerprint density at radius 3 is 2.52 bits per heavy atom. The molecular weight excluding hydrogens is 350 g/mol. The van der Waals surface area contributed by atoms with Crippen LogP contribution in [0.2, 0.25) is 0 Å². The molecule has 8 nitrogen and oxygen atoms in total. The number of methoxy groups -OCH3 is 2. The molecule has 3 rings (SSSR count). The highest BCUT2D eigenvalue weighted by atomic mass is 16.6. The van der Waals surface area contributed by atoms with Crippen molar-refractivity contribution in [3.05, 3.63) is 63.7 Å². The third-order valence-electron chi connectivity index (χ3n) is 4.39. The molecule has 0 fully saturated rings. The lowest BCUT2D eigenvalue weighted by atomic mass is 10.1. The number of hydrogen-bond acceptors (Lipinski definition) is 6.